The molecule has 1 rings (SSSR count). The molecule has 1 amide bonds. The molecule has 1 unspecified atom stereocenters. The molecule has 5 heteroatoms. The maximum absolute atomic E-state index is 11.7. The molecule has 0 aromatic rings. The van der Waals surface area contributed by atoms with Gasteiger partial charge < -0.3 is 15.0 Å². The molecule has 1 fully saturated rings. The summed E-state index contributed by atoms with van der Waals surface area (Å²) in [5.41, 5.74) is 0. The Morgan fingerprint density at radius 2 is 2.00 bits per heavy atom. The topological polar surface area (TPSA) is 41.6 Å². The third kappa shape index (κ3) is 3.83. The van der Waals surface area contributed by atoms with Crippen molar-refractivity contribution in [3.8, 4) is 0 Å². The van der Waals surface area contributed by atoms with Gasteiger partial charge in [-0.15, -0.1) is 0 Å². The smallest absolute Gasteiger partial charge is 0.410 e. The first-order valence-electron chi connectivity index (χ1n) is 5.57. The van der Waals surface area contributed by atoms with Crippen molar-refractivity contribution in [3.05, 3.63) is 0 Å². The lowest BCUT2D eigenvalue weighted by Crippen LogP contribution is -2.47. The predicted octanol–water partition coefficient (Wildman–Crippen LogP) is -0.0194. The van der Waals surface area contributed by atoms with Gasteiger partial charge in [-0.25, -0.2) is 4.79 Å². The third-order valence-electron chi connectivity index (χ3n) is 2.87. The van der Waals surface area contributed by atoms with Crippen LogP contribution in [-0.2, 0) is 4.74 Å². The molecule has 1 aliphatic heterocycles. The van der Waals surface area contributed by atoms with Gasteiger partial charge in [-0.05, 0) is 12.0 Å². The number of hydrogen-bond donors (Lipinski definition) is 1. The molecule has 0 bridgehead atoms. The Morgan fingerprint density at radius 1 is 1.47 bits per heavy atom. The van der Waals surface area contributed by atoms with Crippen LogP contribution in [0, 0.1) is 0 Å². The molecule has 1 saturated heterocycles. The van der Waals surface area contributed by atoms with E-state index in [1.165, 1.54) is 0 Å². The van der Waals surface area contributed by atoms with E-state index in [0.717, 1.165) is 36.4 Å². The van der Waals surface area contributed by atoms with Gasteiger partial charge in [-0.2, -0.15) is 0 Å². The highest BCUT2D eigenvalue weighted by molar-refractivity contribution is 6.15. The van der Waals surface area contributed by atoms with Gasteiger partial charge in [0, 0.05) is 36.4 Å². The monoisotopic (exact) mass is 230 g/mol. The summed E-state index contributed by atoms with van der Waals surface area (Å²) in [6.45, 7) is 9.50. The van der Waals surface area contributed by atoms with Crippen LogP contribution in [0.25, 0.3) is 0 Å². The Balaban J connectivity index is 2.40. The summed E-state index contributed by atoms with van der Waals surface area (Å²) in [5, 5.41) is 3.35. The summed E-state index contributed by atoms with van der Waals surface area (Å²) in [6.07, 6.45) is -0.153. The minimum absolute atomic E-state index is 0.00607. The summed E-state index contributed by atoms with van der Waals surface area (Å²) in [6, 6.07) is 0. The van der Waals surface area contributed by atoms with E-state index in [1.807, 2.05) is 6.92 Å². The summed E-state index contributed by atoms with van der Waals surface area (Å²) in [4.78, 5) is 13.5. The van der Waals surface area contributed by atoms with E-state index in [2.05, 4.69) is 19.2 Å². The Hall–Kier alpha value is -0.553. The minimum Gasteiger partial charge on any atom is -0.446 e. The van der Waals surface area contributed by atoms with Crippen LogP contribution in [0.2, 0.25) is 5.04 Å². The fraction of sp³-hybridized carbons (Fsp3) is 0.900. The number of ether oxygens (including phenoxy) is 1. The van der Waals surface area contributed by atoms with E-state index >= 15 is 0 Å². The second kappa shape index (κ2) is 4.98. The Kier molecular flexibility index (Phi) is 4.16. The normalized spacial score (nSPS) is 20.1. The highest BCUT2D eigenvalue weighted by atomic mass is 28.1. The highest BCUT2D eigenvalue weighted by Gasteiger charge is 2.26. The first kappa shape index (κ1) is 12.5. The van der Waals surface area contributed by atoms with E-state index in [-0.39, 0.29) is 17.2 Å². The molecule has 1 N–H and O–H groups in total. The highest BCUT2D eigenvalue weighted by Crippen LogP contribution is 2.26. The van der Waals surface area contributed by atoms with Crippen molar-refractivity contribution in [3.63, 3.8) is 0 Å². The number of carbonyl (C=O) groups is 1. The van der Waals surface area contributed by atoms with Crippen molar-refractivity contribution < 1.29 is 9.53 Å². The van der Waals surface area contributed by atoms with Gasteiger partial charge in [0.15, 0.2) is 0 Å². The molecule has 0 spiro atoms. The van der Waals surface area contributed by atoms with Gasteiger partial charge in [0.25, 0.3) is 0 Å². The van der Waals surface area contributed by atoms with Gasteiger partial charge in [0.2, 0.25) is 0 Å². The molecule has 0 aliphatic carbocycles. The molecule has 88 valence electrons. The van der Waals surface area contributed by atoms with Crippen molar-refractivity contribution in [1.29, 1.82) is 0 Å². The Morgan fingerprint density at radius 3 is 2.47 bits per heavy atom. The summed E-state index contributed by atoms with van der Waals surface area (Å²) < 4.78 is 5.45. The van der Waals surface area contributed by atoms with Crippen LogP contribution in [0.5, 0.6) is 0 Å². The molecule has 0 aromatic carbocycles. The van der Waals surface area contributed by atoms with E-state index in [1.54, 1.807) is 4.90 Å². The Bertz CT molecular complexity index is 222. The number of rotatable bonds is 2. The molecule has 1 aliphatic rings. The van der Waals surface area contributed by atoms with Gasteiger partial charge in [-0.3, -0.25) is 0 Å². The second-order valence-electron chi connectivity index (χ2n) is 5.13. The maximum Gasteiger partial charge on any atom is 0.410 e. The van der Waals surface area contributed by atoms with Crippen LogP contribution in [-0.4, -0.2) is 53.5 Å². The quantitative estimate of drug-likeness (QED) is 0.678. The fourth-order valence-electron chi connectivity index (χ4n) is 1.25. The number of nitrogens with zero attached hydrogens (tertiary/aromatic N) is 1. The van der Waals surface area contributed by atoms with Crippen molar-refractivity contribution in [2.24, 2.45) is 0 Å². The van der Waals surface area contributed by atoms with Crippen LogP contribution in [0.1, 0.15) is 20.8 Å². The molecule has 0 aromatic heterocycles. The lowest BCUT2D eigenvalue weighted by Gasteiger charge is -2.32. The first-order chi connectivity index (χ1) is 6.91. The van der Waals surface area contributed by atoms with E-state index in [4.69, 9.17) is 4.74 Å². The standard InChI is InChI=1S/C10H22N2O2Si/c1-8(10(2,3)15)14-9(13)12-6-4-11-5-7-12/h8,11H,4-7H2,1-3,15H3. The van der Waals surface area contributed by atoms with Crippen LogP contribution >= 0.6 is 0 Å². The summed E-state index contributed by atoms with van der Waals surface area (Å²) in [7, 11) is 1.02. The molecule has 1 atom stereocenters. The minimum atomic E-state index is -0.159. The van der Waals surface area contributed by atoms with Crippen molar-refractivity contribution in [1.82, 2.24) is 10.2 Å². The van der Waals surface area contributed by atoms with Crippen molar-refractivity contribution in [2.75, 3.05) is 26.2 Å². The largest absolute Gasteiger partial charge is 0.446 e. The number of carbonyl (C=O) groups excluding carboxylic acids is 1. The fourth-order valence-corrected chi connectivity index (χ4v) is 1.37. The zero-order chi connectivity index (χ0) is 11.5. The molecule has 15 heavy (non-hydrogen) atoms. The summed E-state index contributed by atoms with van der Waals surface area (Å²) >= 11 is 0. The van der Waals surface area contributed by atoms with Gasteiger partial charge in [0.05, 0.1) is 0 Å². The molecule has 4 nitrogen and oxygen atoms in total. The van der Waals surface area contributed by atoms with Gasteiger partial charge in [-0.1, -0.05) is 13.8 Å². The van der Waals surface area contributed by atoms with Crippen LogP contribution < -0.4 is 5.32 Å². The number of piperazine rings is 1. The number of nitrogens with one attached hydrogen (secondary N) is 1. The average Bonchev–Trinajstić information content (AvgIpc) is 2.17. The van der Waals surface area contributed by atoms with Crippen molar-refractivity contribution >= 4 is 16.3 Å². The number of hydrogen-bond acceptors (Lipinski definition) is 3. The van der Waals surface area contributed by atoms with Crippen LogP contribution in [0.4, 0.5) is 4.79 Å². The zero-order valence-corrected chi connectivity index (χ0v) is 12.2. The molecular weight excluding hydrogens is 208 g/mol. The summed E-state index contributed by atoms with van der Waals surface area (Å²) in [5.74, 6) is 0. The SMILES string of the molecule is CC(OC(=O)N1CCNCC1)C(C)(C)[SiH3]. The lowest BCUT2D eigenvalue weighted by molar-refractivity contribution is 0.0520. The maximum atomic E-state index is 11.7. The van der Waals surface area contributed by atoms with E-state index < -0.39 is 0 Å². The van der Waals surface area contributed by atoms with E-state index in [9.17, 15) is 4.79 Å². The molecule has 1 heterocycles. The molecule has 0 radical (unpaired) electrons. The Labute approximate surface area is 94.8 Å². The number of amides is 1. The zero-order valence-electron chi connectivity index (χ0n) is 10.2. The average molecular weight is 230 g/mol. The van der Waals surface area contributed by atoms with Crippen LogP contribution in [0.3, 0.4) is 0 Å². The van der Waals surface area contributed by atoms with Gasteiger partial charge in [0.1, 0.15) is 6.10 Å². The second-order valence-corrected chi connectivity index (χ2v) is 7.71. The lowest BCUT2D eigenvalue weighted by atomic mass is 10.1. The van der Waals surface area contributed by atoms with Crippen LogP contribution in [0.15, 0.2) is 0 Å². The van der Waals surface area contributed by atoms with Crippen molar-refractivity contribution in [2.45, 2.75) is 31.9 Å². The first-order valence-corrected chi connectivity index (χ1v) is 6.57. The van der Waals surface area contributed by atoms with E-state index in [0.29, 0.717) is 0 Å². The third-order valence-corrected chi connectivity index (χ3v) is 3.69. The van der Waals surface area contributed by atoms with Gasteiger partial charge >= 0.3 is 6.09 Å². The molecule has 0 saturated carbocycles. The predicted molar refractivity (Wildman–Crippen MR) is 64.4 cm³/mol. The molecular formula is C10H22N2O2Si.